The van der Waals surface area contributed by atoms with Crippen molar-refractivity contribution in [1.82, 2.24) is 0 Å². The number of hydrogen-bond donors (Lipinski definition) is 1. The number of aliphatic hydroxyl groups excluding tert-OH is 1. The molecular weight excluding hydrogens is 196 g/mol. The molecule has 1 N–H and O–H groups in total. The highest BCUT2D eigenvalue weighted by Gasteiger charge is 2.22. The van der Waals surface area contributed by atoms with Crippen LogP contribution < -0.4 is 0 Å². The van der Waals surface area contributed by atoms with Crippen LogP contribution in [0.25, 0.3) is 0 Å². The van der Waals surface area contributed by atoms with E-state index in [-0.39, 0.29) is 6.10 Å². The normalized spacial score (nSPS) is 26.6. The SMILES string of the molecule is C=C1C=C[C@@H](C(C)CCC=C(C)C)C[C@H]1O. The lowest BCUT2D eigenvalue weighted by Crippen LogP contribution is -2.22. The van der Waals surface area contributed by atoms with Gasteiger partial charge in [-0.15, -0.1) is 0 Å². The van der Waals surface area contributed by atoms with E-state index in [0.29, 0.717) is 11.8 Å². The summed E-state index contributed by atoms with van der Waals surface area (Å²) < 4.78 is 0. The van der Waals surface area contributed by atoms with Gasteiger partial charge in [-0.2, -0.15) is 0 Å². The van der Waals surface area contributed by atoms with Crippen molar-refractivity contribution in [3.63, 3.8) is 0 Å². The number of aliphatic hydroxyl groups is 1. The zero-order chi connectivity index (χ0) is 12.1. The van der Waals surface area contributed by atoms with E-state index in [1.165, 1.54) is 12.0 Å². The zero-order valence-corrected chi connectivity index (χ0v) is 10.7. The Bertz CT molecular complexity index is 295. The summed E-state index contributed by atoms with van der Waals surface area (Å²) in [6.07, 6.45) is 9.33. The third-order valence-electron chi connectivity index (χ3n) is 3.39. The smallest absolute Gasteiger partial charge is 0.0790 e. The topological polar surface area (TPSA) is 20.2 Å². The lowest BCUT2D eigenvalue weighted by molar-refractivity contribution is 0.167. The molecule has 1 heteroatoms. The lowest BCUT2D eigenvalue weighted by atomic mass is 9.81. The maximum absolute atomic E-state index is 9.75. The summed E-state index contributed by atoms with van der Waals surface area (Å²) in [5.74, 6) is 1.14. The summed E-state index contributed by atoms with van der Waals surface area (Å²) >= 11 is 0. The molecule has 0 amide bonds. The number of allylic oxidation sites excluding steroid dienone is 3. The zero-order valence-electron chi connectivity index (χ0n) is 10.7. The second kappa shape index (κ2) is 6.05. The lowest BCUT2D eigenvalue weighted by Gasteiger charge is -2.27. The first-order valence-electron chi connectivity index (χ1n) is 6.19. The second-order valence-electron chi connectivity index (χ2n) is 5.19. The monoisotopic (exact) mass is 220 g/mol. The van der Waals surface area contributed by atoms with Crippen molar-refractivity contribution in [2.45, 2.75) is 46.1 Å². The van der Waals surface area contributed by atoms with Gasteiger partial charge in [0.1, 0.15) is 0 Å². The molecule has 1 nitrogen and oxygen atoms in total. The molecule has 1 aliphatic carbocycles. The molecular formula is C15H24O. The Morgan fingerprint density at radius 2 is 2.31 bits per heavy atom. The highest BCUT2D eigenvalue weighted by molar-refractivity contribution is 5.24. The summed E-state index contributed by atoms with van der Waals surface area (Å²) in [6.45, 7) is 10.4. The Hall–Kier alpha value is -0.820. The van der Waals surface area contributed by atoms with Crippen molar-refractivity contribution in [3.8, 4) is 0 Å². The van der Waals surface area contributed by atoms with E-state index in [1.807, 2.05) is 6.08 Å². The summed E-state index contributed by atoms with van der Waals surface area (Å²) in [4.78, 5) is 0. The molecule has 0 heterocycles. The van der Waals surface area contributed by atoms with Crippen LogP contribution in [0.1, 0.15) is 40.0 Å². The van der Waals surface area contributed by atoms with Gasteiger partial charge in [-0.05, 0) is 50.5 Å². The highest BCUT2D eigenvalue weighted by Crippen LogP contribution is 2.29. The van der Waals surface area contributed by atoms with Crippen LogP contribution in [0.3, 0.4) is 0 Å². The molecule has 0 saturated heterocycles. The van der Waals surface area contributed by atoms with Crippen LogP contribution in [0, 0.1) is 11.8 Å². The number of hydrogen-bond acceptors (Lipinski definition) is 1. The fraction of sp³-hybridized carbons (Fsp3) is 0.600. The molecule has 16 heavy (non-hydrogen) atoms. The molecule has 0 spiro atoms. The largest absolute Gasteiger partial charge is 0.388 e. The molecule has 0 radical (unpaired) electrons. The molecule has 0 aliphatic heterocycles. The minimum absolute atomic E-state index is 0.332. The van der Waals surface area contributed by atoms with Gasteiger partial charge in [0, 0.05) is 0 Å². The molecule has 1 rings (SSSR count). The van der Waals surface area contributed by atoms with Crippen LogP contribution >= 0.6 is 0 Å². The van der Waals surface area contributed by atoms with Gasteiger partial charge < -0.3 is 5.11 Å². The highest BCUT2D eigenvalue weighted by atomic mass is 16.3. The molecule has 1 aliphatic rings. The molecule has 0 aromatic rings. The fourth-order valence-corrected chi connectivity index (χ4v) is 2.12. The van der Waals surface area contributed by atoms with Gasteiger partial charge in [0.2, 0.25) is 0 Å². The van der Waals surface area contributed by atoms with Gasteiger partial charge in [-0.25, -0.2) is 0 Å². The number of rotatable bonds is 4. The van der Waals surface area contributed by atoms with E-state index < -0.39 is 0 Å². The first-order valence-corrected chi connectivity index (χ1v) is 6.19. The van der Waals surface area contributed by atoms with Crippen LogP contribution in [0.15, 0.2) is 36.0 Å². The third-order valence-corrected chi connectivity index (χ3v) is 3.39. The quantitative estimate of drug-likeness (QED) is 0.713. The minimum Gasteiger partial charge on any atom is -0.388 e. The molecule has 1 unspecified atom stereocenters. The minimum atomic E-state index is -0.332. The predicted octanol–water partition coefficient (Wildman–Crippen LogP) is 3.86. The molecule has 3 atom stereocenters. The molecule has 0 saturated carbocycles. The summed E-state index contributed by atoms with van der Waals surface area (Å²) in [6, 6.07) is 0. The van der Waals surface area contributed by atoms with Gasteiger partial charge in [0.05, 0.1) is 6.10 Å². The van der Waals surface area contributed by atoms with Gasteiger partial charge >= 0.3 is 0 Å². The Morgan fingerprint density at radius 3 is 2.88 bits per heavy atom. The summed E-state index contributed by atoms with van der Waals surface area (Å²) in [7, 11) is 0. The average Bonchev–Trinajstić information content (AvgIpc) is 2.21. The van der Waals surface area contributed by atoms with E-state index in [0.717, 1.165) is 18.4 Å². The molecule has 0 aromatic heterocycles. The Morgan fingerprint density at radius 1 is 1.62 bits per heavy atom. The van der Waals surface area contributed by atoms with Crippen molar-refractivity contribution >= 4 is 0 Å². The van der Waals surface area contributed by atoms with Crippen LogP contribution in [0.4, 0.5) is 0 Å². The van der Waals surface area contributed by atoms with Gasteiger partial charge in [0.25, 0.3) is 0 Å². The van der Waals surface area contributed by atoms with E-state index in [1.54, 1.807) is 0 Å². The van der Waals surface area contributed by atoms with Gasteiger partial charge in [0.15, 0.2) is 0 Å². The van der Waals surface area contributed by atoms with Gasteiger partial charge in [-0.3, -0.25) is 0 Å². The second-order valence-corrected chi connectivity index (χ2v) is 5.19. The third kappa shape index (κ3) is 3.97. The maximum atomic E-state index is 9.75. The van der Waals surface area contributed by atoms with Crippen LogP contribution in [-0.2, 0) is 0 Å². The van der Waals surface area contributed by atoms with Crippen molar-refractivity contribution in [2.75, 3.05) is 0 Å². The molecule has 0 aromatic carbocycles. The van der Waals surface area contributed by atoms with E-state index in [9.17, 15) is 5.11 Å². The van der Waals surface area contributed by atoms with E-state index in [2.05, 4.69) is 39.5 Å². The first kappa shape index (κ1) is 13.2. The van der Waals surface area contributed by atoms with Crippen LogP contribution in [-0.4, -0.2) is 11.2 Å². The molecule has 0 fully saturated rings. The van der Waals surface area contributed by atoms with E-state index >= 15 is 0 Å². The fourth-order valence-electron chi connectivity index (χ4n) is 2.12. The Balaban J connectivity index is 2.43. The van der Waals surface area contributed by atoms with Crippen molar-refractivity contribution in [3.05, 3.63) is 36.0 Å². The molecule has 0 bridgehead atoms. The maximum Gasteiger partial charge on any atom is 0.0790 e. The van der Waals surface area contributed by atoms with Crippen LogP contribution in [0.2, 0.25) is 0 Å². The Labute approximate surface area is 99.6 Å². The van der Waals surface area contributed by atoms with Crippen molar-refractivity contribution < 1.29 is 5.11 Å². The molecule has 90 valence electrons. The summed E-state index contributed by atoms with van der Waals surface area (Å²) in [5.41, 5.74) is 2.24. The van der Waals surface area contributed by atoms with Crippen molar-refractivity contribution in [1.29, 1.82) is 0 Å². The van der Waals surface area contributed by atoms with Crippen molar-refractivity contribution in [2.24, 2.45) is 11.8 Å². The first-order chi connectivity index (χ1) is 7.50. The van der Waals surface area contributed by atoms with Crippen LogP contribution in [0.5, 0.6) is 0 Å². The standard InChI is InChI=1S/C15H24O/c1-11(2)6-5-7-12(3)14-9-8-13(4)15(16)10-14/h6,8-9,12,14-16H,4-5,7,10H2,1-3H3/t12?,14-,15-/m1/s1. The average molecular weight is 220 g/mol. The predicted molar refractivity (Wildman–Crippen MR) is 70.2 cm³/mol. The Kier molecular flexibility index (Phi) is 5.01. The summed E-state index contributed by atoms with van der Waals surface area (Å²) in [5, 5.41) is 9.75. The van der Waals surface area contributed by atoms with Gasteiger partial charge in [-0.1, -0.05) is 37.3 Å². The van der Waals surface area contributed by atoms with E-state index in [4.69, 9.17) is 0 Å².